The van der Waals surface area contributed by atoms with Crippen LogP contribution in [-0.2, 0) is 10.3 Å². The molecule has 0 unspecified atom stereocenters. The monoisotopic (exact) mass is 425 g/mol. The zero-order valence-electron chi connectivity index (χ0n) is 17.6. The summed E-state index contributed by atoms with van der Waals surface area (Å²) in [6.07, 6.45) is 1.45. The van der Waals surface area contributed by atoms with Crippen LogP contribution in [0.5, 0.6) is 11.5 Å². The van der Waals surface area contributed by atoms with Crippen molar-refractivity contribution in [2.75, 3.05) is 17.7 Å². The summed E-state index contributed by atoms with van der Waals surface area (Å²) >= 11 is 0. The maximum Gasteiger partial charge on any atom is 0.324 e. The quantitative estimate of drug-likeness (QED) is 0.507. The van der Waals surface area contributed by atoms with Crippen molar-refractivity contribution in [1.29, 1.82) is 0 Å². The molecular weight excluding hydrogens is 402 g/mol. The minimum Gasteiger partial charge on any atom is -0.457 e. The van der Waals surface area contributed by atoms with Crippen LogP contribution in [0.3, 0.4) is 0 Å². The van der Waals surface area contributed by atoms with E-state index in [0.717, 1.165) is 0 Å². The number of nitrogens with zero attached hydrogens (tertiary/aromatic N) is 2. The molecule has 2 aromatic heterocycles. The van der Waals surface area contributed by atoms with Gasteiger partial charge in [0, 0.05) is 29.4 Å². The fourth-order valence-electron chi connectivity index (χ4n) is 2.45. The number of anilines is 2. The summed E-state index contributed by atoms with van der Waals surface area (Å²) in [4.78, 5) is 32.5. The number of hydrogen-bond acceptors (Lipinski definition) is 7. The molecule has 0 spiro atoms. The van der Waals surface area contributed by atoms with Crippen LogP contribution in [0.25, 0.3) is 0 Å². The van der Waals surface area contributed by atoms with E-state index in [2.05, 4.69) is 31.1 Å². The number of carbonyl (C=O) groups is 2. The summed E-state index contributed by atoms with van der Waals surface area (Å²) in [5.74, 6) is 1.45. The van der Waals surface area contributed by atoms with Crippen molar-refractivity contribution < 1.29 is 23.7 Å². The molecule has 0 aliphatic carbocycles. The van der Waals surface area contributed by atoms with Crippen molar-refractivity contribution in [3.8, 4) is 11.5 Å². The van der Waals surface area contributed by atoms with E-state index in [1.54, 1.807) is 36.4 Å². The van der Waals surface area contributed by atoms with Gasteiger partial charge < -0.3 is 14.6 Å². The first-order valence-electron chi connectivity index (χ1n) is 9.37. The van der Waals surface area contributed by atoms with Gasteiger partial charge in [-0.2, -0.15) is 0 Å². The van der Waals surface area contributed by atoms with Crippen molar-refractivity contribution in [3.63, 3.8) is 0 Å². The van der Waals surface area contributed by atoms with Crippen molar-refractivity contribution in [3.05, 3.63) is 60.1 Å². The first-order chi connectivity index (χ1) is 14.7. The van der Waals surface area contributed by atoms with Gasteiger partial charge in [0.25, 0.3) is 5.91 Å². The lowest BCUT2D eigenvalue weighted by Gasteiger charge is -2.12. The van der Waals surface area contributed by atoms with Gasteiger partial charge in [-0.3, -0.25) is 19.9 Å². The van der Waals surface area contributed by atoms with E-state index < -0.39 is 11.9 Å². The Hall–Kier alpha value is -3.92. The third-order valence-electron chi connectivity index (χ3n) is 4.00. The topological polar surface area (TPSA) is 128 Å². The molecule has 0 fully saturated rings. The van der Waals surface area contributed by atoms with Crippen LogP contribution in [0, 0.1) is 0 Å². The fraction of sp³-hybridized carbons (Fsp3) is 0.238. The summed E-state index contributed by atoms with van der Waals surface area (Å²) in [5.41, 5.74) is 2.69. The van der Waals surface area contributed by atoms with Gasteiger partial charge in [0.1, 0.15) is 23.0 Å². The van der Waals surface area contributed by atoms with Gasteiger partial charge in [-0.05, 0) is 30.3 Å². The molecule has 0 aliphatic rings. The molecule has 3 rings (SSSR count). The summed E-state index contributed by atoms with van der Waals surface area (Å²) < 4.78 is 11.0. The Kier molecular flexibility index (Phi) is 6.51. The van der Waals surface area contributed by atoms with Crippen LogP contribution in [0.15, 0.2) is 53.2 Å². The van der Waals surface area contributed by atoms with Crippen LogP contribution < -0.4 is 20.9 Å². The summed E-state index contributed by atoms with van der Waals surface area (Å²) in [6, 6.07) is 11.1. The maximum atomic E-state index is 12.2. The van der Waals surface area contributed by atoms with Crippen LogP contribution >= 0.6 is 0 Å². The molecule has 0 saturated heterocycles. The summed E-state index contributed by atoms with van der Waals surface area (Å²) in [5, 5.41) is 9.17. The predicted molar refractivity (Wildman–Crippen MR) is 113 cm³/mol. The highest BCUT2D eigenvalue weighted by Crippen LogP contribution is 2.25. The van der Waals surface area contributed by atoms with Crippen LogP contribution in [0.4, 0.5) is 16.3 Å². The highest BCUT2D eigenvalue weighted by molar-refractivity contribution is 5.99. The molecule has 10 nitrogen and oxygen atoms in total. The molecule has 1 aromatic carbocycles. The average molecular weight is 425 g/mol. The van der Waals surface area contributed by atoms with E-state index in [4.69, 9.17) is 9.26 Å². The standard InChI is InChI=1S/C21H23N5O5/c1-21(2,3)17-12-18(25-31-17)24-20(28)23-13-5-7-14(8-6-13)30-15-9-10-22-16(11-15)19(27)26-29-4/h5-12H,1-4H3,(H,26,27)(H2,23,24,25,28). The minimum absolute atomic E-state index is 0.150. The van der Waals surface area contributed by atoms with Gasteiger partial charge in [-0.25, -0.2) is 10.3 Å². The van der Waals surface area contributed by atoms with E-state index >= 15 is 0 Å². The Bertz CT molecular complexity index is 1060. The first-order valence-corrected chi connectivity index (χ1v) is 9.37. The number of nitrogens with one attached hydrogen (secondary N) is 3. The Labute approximate surface area is 178 Å². The Morgan fingerprint density at radius 3 is 2.39 bits per heavy atom. The third kappa shape index (κ3) is 6.03. The van der Waals surface area contributed by atoms with Gasteiger partial charge in [0.2, 0.25) is 0 Å². The summed E-state index contributed by atoms with van der Waals surface area (Å²) in [6.45, 7) is 5.96. The summed E-state index contributed by atoms with van der Waals surface area (Å²) in [7, 11) is 1.34. The number of benzene rings is 1. The van der Waals surface area contributed by atoms with Crippen molar-refractivity contribution in [2.45, 2.75) is 26.2 Å². The second-order valence-corrected chi connectivity index (χ2v) is 7.54. The molecule has 3 amide bonds. The Morgan fingerprint density at radius 1 is 1.00 bits per heavy atom. The molecule has 0 radical (unpaired) electrons. The van der Waals surface area contributed by atoms with Gasteiger partial charge in [0.05, 0.1) is 7.11 Å². The molecular formula is C21H23N5O5. The number of aromatic nitrogens is 2. The highest BCUT2D eigenvalue weighted by atomic mass is 16.6. The predicted octanol–water partition coefficient (Wildman–Crippen LogP) is 4.09. The lowest BCUT2D eigenvalue weighted by molar-refractivity contribution is 0.0532. The number of ether oxygens (including phenoxy) is 1. The smallest absolute Gasteiger partial charge is 0.324 e. The van der Waals surface area contributed by atoms with E-state index in [-0.39, 0.29) is 11.1 Å². The number of carbonyl (C=O) groups excluding carboxylic acids is 2. The van der Waals surface area contributed by atoms with Crippen LogP contribution in [0.2, 0.25) is 0 Å². The average Bonchev–Trinajstić information content (AvgIpc) is 3.19. The number of amides is 3. The van der Waals surface area contributed by atoms with Gasteiger partial charge in [-0.15, -0.1) is 0 Å². The largest absolute Gasteiger partial charge is 0.457 e. The van der Waals surface area contributed by atoms with E-state index in [0.29, 0.717) is 28.8 Å². The van der Waals surface area contributed by atoms with Crippen LogP contribution in [-0.4, -0.2) is 29.2 Å². The third-order valence-corrected chi connectivity index (χ3v) is 4.00. The lowest BCUT2D eigenvalue weighted by atomic mass is 9.93. The van der Waals surface area contributed by atoms with Crippen molar-refractivity contribution >= 4 is 23.4 Å². The second-order valence-electron chi connectivity index (χ2n) is 7.54. The molecule has 2 heterocycles. The zero-order valence-corrected chi connectivity index (χ0v) is 17.6. The second kappa shape index (κ2) is 9.26. The van der Waals surface area contributed by atoms with Crippen molar-refractivity contribution in [1.82, 2.24) is 15.6 Å². The molecule has 0 saturated carbocycles. The molecule has 0 bridgehead atoms. The number of rotatable bonds is 6. The highest BCUT2D eigenvalue weighted by Gasteiger charge is 2.20. The van der Waals surface area contributed by atoms with Gasteiger partial charge in [0.15, 0.2) is 5.82 Å². The fourth-order valence-corrected chi connectivity index (χ4v) is 2.45. The minimum atomic E-state index is -0.486. The molecule has 162 valence electrons. The molecule has 10 heteroatoms. The molecule has 31 heavy (non-hydrogen) atoms. The van der Waals surface area contributed by atoms with Gasteiger partial charge in [-0.1, -0.05) is 25.9 Å². The number of urea groups is 1. The normalized spacial score (nSPS) is 11.0. The molecule has 3 N–H and O–H groups in total. The molecule has 0 atom stereocenters. The number of pyridine rings is 1. The molecule has 0 aliphatic heterocycles. The van der Waals surface area contributed by atoms with E-state index in [1.165, 1.54) is 19.4 Å². The van der Waals surface area contributed by atoms with Crippen LogP contribution in [0.1, 0.15) is 37.0 Å². The van der Waals surface area contributed by atoms with E-state index in [9.17, 15) is 9.59 Å². The SMILES string of the molecule is CONC(=O)c1cc(Oc2ccc(NC(=O)Nc3cc(C(C)(C)C)on3)cc2)ccn1. The van der Waals surface area contributed by atoms with E-state index in [1.807, 2.05) is 20.8 Å². The maximum absolute atomic E-state index is 12.2. The lowest BCUT2D eigenvalue weighted by Crippen LogP contribution is -2.22. The number of hydrogen-bond donors (Lipinski definition) is 3. The van der Waals surface area contributed by atoms with Crippen molar-refractivity contribution in [2.24, 2.45) is 0 Å². The number of hydroxylamine groups is 1. The van der Waals surface area contributed by atoms with Gasteiger partial charge >= 0.3 is 6.03 Å². The zero-order chi connectivity index (χ0) is 22.4. The Balaban J connectivity index is 1.58. The first kappa shape index (κ1) is 21.8. The Morgan fingerprint density at radius 2 is 1.74 bits per heavy atom. The molecule has 3 aromatic rings.